The molecule has 0 aliphatic heterocycles. The zero-order valence-electron chi connectivity index (χ0n) is 17.1. The lowest BCUT2D eigenvalue weighted by Crippen LogP contribution is -2.39. The molecule has 4 nitrogen and oxygen atoms in total. The van der Waals surface area contributed by atoms with Crippen molar-refractivity contribution in [1.82, 2.24) is 9.88 Å². The molecule has 0 saturated heterocycles. The maximum Gasteiger partial charge on any atom is 0.260 e. The molecule has 1 amide bonds. The molecule has 154 valence electrons. The topological polar surface area (TPSA) is 36.4 Å². The highest BCUT2D eigenvalue weighted by atomic mass is 32.1. The summed E-state index contributed by atoms with van der Waals surface area (Å²) in [6.45, 7) is 10.8. The van der Waals surface area contributed by atoms with Gasteiger partial charge >= 0.3 is 0 Å². The number of carbonyl (C=O) groups is 1. The van der Waals surface area contributed by atoms with Gasteiger partial charge in [0.15, 0.2) is 10.9 Å². The van der Waals surface area contributed by atoms with E-state index in [0.717, 1.165) is 41.6 Å². The molecule has 2 aromatic carbocycles. The number of likely N-dealkylation sites (N-methyl/N-ethyl adjacent to an activating group) is 1. The smallest absolute Gasteiger partial charge is 0.260 e. The number of aromatic nitrogens is 1. The van der Waals surface area contributed by atoms with Crippen LogP contribution in [-0.2, 0) is 0 Å². The number of hydrogen-bond acceptors (Lipinski definition) is 4. The number of rotatable bonds is 7. The van der Waals surface area contributed by atoms with E-state index in [9.17, 15) is 13.6 Å². The monoisotopic (exact) mass is 417 g/mol. The molecular weight excluding hydrogens is 392 g/mol. The van der Waals surface area contributed by atoms with Gasteiger partial charge in [-0.25, -0.2) is 13.8 Å². The lowest BCUT2D eigenvalue weighted by molar-refractivity contribution is 0.0983. The van der Waals surface area contributed by atoms with E-state index in [0.29, 0.717) is 28.5 Å². The van der Waals surface area contributed by atoms with Crippen molar-refractivity contribution in [2.75, 3.05) is 31.1 Å². The van der Waals surface area contributed by atoms with Gasteiger partial charge in [0.05, 0.1) is 4.70 Å². The molecular formula is C22H25F2N3OS. The van der Waals surface area contributed by atoms with Gasteiger partial charge in [-0.3, -0.25) is 9.69 Å². The third kappa shape index (κ3) is 4.62. The fourth-order valence-electron chi connectivity index (χ4n) is 3.24. The average molecular weight is 418 g/mol. The summed E-state index contributed by atoms with van der Waals surface area (Å²) < 4.78 is 28.2. The predicted octanol–water partition coefficient (Wildman–Crippen LogP) is 5.18. The van der Waals surface area contributed by atoms with Crippen molar-refractivity contribution in [2.24, 2.45) is 0 Å². The minimum Gasteiger partial charge on any atom is -0.302 e. The van der Waals surface area contributed by atoms with Crippen LogP contribution in [0.15, 0.2) is 30.3 Å². The Morgan fingerprint density at radius 3 is 2.48 bits per heavy atom. The van der Waals surface area contributed by atoms with Crippen LogP contribution in [0.5, 0.6) is 0 Å². The van der Waals surface area contributed by atoms with E-state index >= 15 is 0 Å². The van der Waals surface area contributed by atoms with Gasteiger partial charge in [0.1, 0.15) is 11.3 Å². The number of nitrogens with zero attached hydrogens (tertiary/aromatic N) is 3. The molecule has 0 bridgehead atoms. The molecule has 3 rings (SSSR count). The fraction of sp³-hybridized carbons (Fsp3) is 0.364. The van der Waals surface area contributed by atoms with Crippen LogP contribution in [0.25, 0.3) is 10.2 Å². The lowest BCUT2D eigenvalue weighted by atomic mass is 10.0. The number of amides is 1. The third-order valence-corrected chi connectivity index (χ3v) is 6.06. The van der Waals surface area contributed by atoms with E-state index in [2.05, 4.69) is 23.7 Å². The summed E-state index contributed by atoms with van der Waals surface area (Å²) in [7, 11) is 0. The Balaban J connectivity index is 2.04. The third-order valence-electron chi connectivity index (χ3n) is 5.04. The second-order valence-electron chi connectivity index (χ2n) is 7.03. The second-order valence-corrected chi connectivity index (χ2v) is 8.04. The van der Waals surface area contributed by atoms with E-state index in [1.165, 1.54) is 6.07 Å². The van der Waals surface area contributed by atoms with Crippen LogP contribution >= 0.6 is 11.3 Å². The number of anilines is 1. The van der Waals surface area contributed by atoms with Crippen LogP contribution in [0.1, 0.15) is 35.3 Å². The Kier molecular flexibility index (Phi) is 6.59. The van der Waals surface area contributed by atoms with E-state index in [1.54, 1.807) is 4.90 Å². The minimum atomic E-state index is -0.717. The summed E-state index contributed by atoms with van der Waals surface area (Å²) in [5.74, 6) is -1.55. The molecule has 0 spiro atoms. The van der Waals surface area contributed by atoms with Crippen LogP contribution in [0.3, 0.4) is 0 Å². The molecule has 3 aromatic rings. The highest BCUT2D eigenvalue weighted by molar-refractivity contribution is 7.22. The quantitative estimate of drug-likeness (QED) is 0.531. The van der Waals surface area contributed by atoms with Crippen molar-refractivity contribution in [3.63, 3.8) is 0 Å². The summed E-state index contributed by atoms with van der Waals surface area (Å²) in [4.78, 5) is 21.6. The van der Waals surface area contributed by atoms with Crippen molar-refractivity contribution < 1.29 is 13.6 Å². The number of thiazole rings is 1. The Morgan fingerprint density at radius 1 is 1.07 bits per heavy atom. The molecule has 0 radical (unpaired) electrons. The van der Waals surface area contributed by atoms with Gasteiger partial charge in [-0.2, -0.15) is 0 Å². The number of aryl methyl sites for hydroxylation is 2. The van der Waals surface area contributed by atoms with Crippen molar-refractivity contribution in [3.8, 4) is 0 Å². The molecule has 0 unspecified atom stereocenters. The number of halogens is 2. The van der Waals surface area contributed by atoms with E-state index in [-0.39, 0.29) is 11.4 Å². The normalized spacial score (nSPS) is 11.4. The molecule has 29 heavy (non-hydrogen) atoms. The molecule has 0 atom stereocenters. The molecule has 0 saturated carbocycles. The Hall–Kier alpha value is -2.38. The van der Waals surface area contributed by atoms with Gasteiger partial charge in [-0.1, -0.05) is 42.9 Å². The summed E-state index contributed by atoms with van der Waals surface area (Å²) in [6.07, 6.45) is 0. The Bertz CT molecular complexity index is 1030. The van der Waals surface area contributed by atoms with Gasteiger partial charge in [-0.05, 0) is 44.6 Å². The zero-order chi connectivity index (χ0) is 21.1. The van der Waals surface area contributed by atoms with Gasteiger partial charge in [0, 0.05) is 24.7 Å². The Morgan fingerprint density at radius 2 is 1.79 bits per heavy atom. The molecule has 1 heterocycles. The average Bonchev–Trinajstić information content (AvgIpc) is 3.10. The second kappa shape index (κ2) is 8.97. The molecule has 0 N–H and O–H groups in total. The fourth-order valence-corrected chi connectivity index (χ4v) is 4.27. The van der Waals surface area contributed by atoms with E-state index in [4.69, 9.17) is 0 Å². The van der Waals surface area contributed by atoms with Crippen LogP contribution < -0.4 is 4.90 Å². The van der Waals surface area contributed by atoms with Crippen molar-refractivity contribution in [2.45, 2.75) is 27.7 Å². The highest BCUT2D eigenvalue weighted by Crippen LogP contribution is 2.32. The predicted molar refractivity (Wildman–Crippen MR) is 115 cm³/mol. The first kappa shape index (κ1) is 21.3. The van der Waals surface area contributed by atoms with Gasteiger partial charge < -0.3 is 4.90 Å². The molecule has 0 aliphatic rings. The summed E-state index contributed by atoms with van der Waals surface area (Å²) in [5, 5.41) is 0.377. The zero-order valence-corrected chi connectivity index (χ0v) is 17.9. The summed E-state index contributed by atoms with van der Waals surface area (Å²) in [5.41, 5.74) is 2.54. The highest BCUT2D eigenvalue weighted by Gasteiger charge is 2.24. The lowest BCUT2D eigenvalue weighted by Gasteiger charge is -2.25. The van der Waals surface area contributed by atoms with Gasteiger partial charge in [0.2, 0.25) is 0 Å². The summed E-state index contributed by atoms with van der Waals surface area (Å²) >= 11 is 1.13. The van der Waals surface area contributed by atoms with Crippen molar-refractivity contribution in [1.29, 1.82) is 0 Å². The SMILES string of the molecule is CCN(CC)CCN(C(=O)c1cc(C)ccc1C)c1nc2c(F)cc(F)cc2s1. The number of carbonyl (C=O) groups excluding carboxylic acids is 1. The number of benzene rings is 2. The van der Waals surface area contributed by atoms with Gasteiger partial charge in [0.25, 0.3) is 5.91 Å². The van der Waals surface area contributed by atoms with Crippen molar-refractivity contribution in [3.05, 3.63) is 58.7 Å². The molecule has 7 heteroatoms. The number of fused-ring (bicyclic) bond motifs is 1. The Labute approximate surface area is 173 Å². The van der Waals surface area contributed by atoms with Crippen LogP contribution in [0.2, 0.25) is 0 Å². The summed E-state index contributed by atoms with van der Waals surface area (Å²) in [6, 6.07) is 7.81. The van der Waals surface area contributed by atoms with Crippen LogP contribution in [-0.4, -0.2) is 42.0 Å². The molecule has 0 aliphatic carbocycles. The van der Waals surface area contributed by atoms with Crippen molar-refractivity contribution >= 4 is 32.6 Å². The maximum absolute atomic E-state index is 14.2. The molecule has 1 aromatic heterocycles. The molecule has 0 fully saturated rings. The maximum atomic E-state index is 14.2. The van der Waals surface area contributed by atoms with E-state index < -0.39 is 11.6 Å². The first-order valence-electron chi connectivity index (χ1n) is 9.71. The van der Waals surface area contributed by atoms with E-state index in [1.807, 2.05) is 32.0 Å². The number of hydrogen-bond donors (Lipinski definition) is 0. The van der Waals surface area contributed by atoms with Gasteiger partial charge in [-0.15, -0.1) is 0 Å². The largest absolute Gasteiger partial charge is 0.302 e. The first-order valence-corrected chi connectivity index (χ1v) is 10.5. The van der Waals surface area contributed by atoms with Crippen LogP contribution in [0.4, 0.5) is 13.9 Å². The standard InChI is InChI=1S/C22H25F2N3OS/c1-5-26(6-2)9-10-27(21(28)17-11-14(3)7-8-15(17)4)22-25-20-18(24)12-16(23)13-19(20)29-22/h7-8,11-13H,5-6,9-10H2,1-4H3. The first-order chi connectivity index (χ1) is 13.8. The minimum absolute atomic E-state index is 0.0907. The van der Waals surface area contributed by atoms with Crippen LogP contribution in [0, 0.1) is 25.5 Å².